The van der Waals surface area contributed by atoms with E-state index in [1.807, 2.05) is 36.4 Å². The summed E-state index contributed by atoms with van der Waals surface area (Å²) >= 11 is 5.69. The quantitative estimate of drug-likeness (QED) is 0.421. The summed E-state index contributed by atoms with van der Waals surface area (Å²) in [6.45, 7) is 4.17. The van der Waals surface area contributed by atoms with E-state index in [2.05, 4.69) is 50.8 Å². The molecule has 36 heavy (non-hydrogen) atoms. The van der Waals surface area contributed by atoms with Crippen molar-refractivity contribution >= 4 is 29.1 Å². The maximum atomic E-state index is 6.07. The number of piperidine rings is 1. The second-order valence-corrected chi connectivity index (χ2v) is 9.83. The lowest BCUT2D eigenvalue weighted by molar-refractivity contribution is 0.0515. The van der Waals surface area contributed by atoms with Crippen LogP contribution in [0.4, 0.5) is 11.8 Å². The summed E-state index contributed by atoms with van der Waals surface area (Å²) < 4.78 is 11.7. The minimum absolute atomic E-state index is 0.0245. The summed E-state index contributed by atoms with van der Waals surface area (Å²) in [5.41, 5.74) is 1.29. The molecule has 2 aliphatic heterocycles. The van der Waals surface area contributed by atoms with Crippen molar-refractivity contribution in [3.8, 4) is 11.6 Å². The van der Waals surface area contributed by atoms with E-state index in [0.29, 0.717) is 23.5 Å². The number of hydrogen-bond donors (Lipinski definition) is 2. The maximum Gasteiger partial charge on any atom is 0.234 e. The zero-order valence-electron chi connectivity index (χ0n) is 20.5. The number of anilines is 2. The molecule has 1 aromatic heterocycles. The third-order valence-electron chi connectivity index (χ3n) is 6.98. The van der Waals surface area contributed by atoms with E-state index in [9.17, 15) is 0 Å². The number of para-hydroxylation sites is 1. The Morgan fingerprint density at radius 2 is 1.64 bits per heavy atom. The molecule has 0 bridgehead atoms. The fourth-order valence-electron chi connectivity index (χ4n) is 4.93. The van der Waals surface area contributed by atoms with E-state index >= 15 is 0 Å². The molecule has 0 unspecified atom stereocenters. The molecule has 0 spiro atoms. The molecule has 0 aliphatic carbocycles. The second-order valence-electron chi connectivity index (χ2n) is 9.42. The molecular formula is C28H33N5O2S. The molecule has 3 aromatic rings. The predicted octanol–water partition coefficient (Wildman–Crippen LogP) is 5.29. The van der Waals surface area contributed by atoms with Gasteiger partial charge < -0.3 is 25.0 Å². The monoisotopic (exact) mass is 503 g/mol. The van der Waals surface area contributed by atoms with E-state index in [-0.39, 0.29) is 5.41 Å². The highest BCUT2D eigenvalue weighted by atomic mass is 32.1. The Balaban J connectivity index is 1.32. The topological polar surface area (TPSA) is 71.5 Å². The Morgan fingerprint density at radius 3 is 2.36 bits per heavy atom. The normalized spacial score (nSPS) is 17.3. The molecule has 2 fully saturated rings. The van der Waals surface area contributed by atoms with E-state index < -0.39 is 0 Å². The van der Waals surface area contributed by atoms with E-state index in [1.54, 1.807) is 0 Å². The molecule has 0 atom stereocenters. The first-order chi connectivity index (χ1) is 17.7. The maximum absolute atomic E-state index is 6.07. The van der Waals surface area contributed by atoms with Crippen LogP contribution in [0.1, 0.15) is 37.7 Å². The summed E-state index contributed by atoms with van der Waals surface area (Å²) in [7, 11) is 0. The summed E-state index contributed by atoms with van der Waals surface area (Å²) in [4.78, 5) is 11.7. The zero-order chi connectivity index (χ0) is 24.6. The first kappa shape index (κ1) is 24.5. The molecule has 188 valence electrons. The number of nitrogens with zero attached hydrogens (tertiary/aromatic N) is 3. The molecule has 8 heteroatoms. The first-order valence-corrected chi connectivity index (χ1v) is 13.2. The lowest BCUT2D eigenvalue weighted by Crippen LogP contribution is -2.45. The van der Waals surface area contributed by atoms with Gasteiger partial charge in [0, 0.05) is 44.3 Å². The van der Waals surface area contributed by atoms with Gasteiger partial charge in [-0.25, -0.2) is 0 Å². The zero-order valence-corrected chi connectivity index (χ0v) is 21.3. The van der Waals surface area contributed by atoms with Crippen LogP contribution < -0.4 is 20.3 Å². The van der Waals surface area contributed by atoms with Gasteiger partial charge in [-0.05, 0) is 62.0 Å². The molecule has 0 radical (unpaired) electrons. The molecule has 0 amide bonds. The smallest absolute Gasteiger partial charge is 0.234 e. The lowest BCUT2D eigenvalue weighted by Gasteiger charge is -2.38. The standard InChI is InChI=1S/C28H33N5O2S/c36-27(29-21-28(14-18-34-19-15-28)22-10-4-1-5-11-22)32-26-30-24(33-16-8-3-9-17-33)20-25(31-26)35-23-12-6-2-7-13-23/h1-2,4-7,10-13,20H,3,8-9,14-19,21H2,(H2,29,30,31,32,36). The van der Waals surface area contributed by atoms with Gasteiger partial charge in [-0.3, -0.25) is 0 Å². The van der Waals surface area contributed by atoms with Crippen LogP contribution in [0.15, 0.2) is 66.7 Å². The molecule has 2 aliphatic rings. The number of hydrogen-bond acceptors (Lipinski definition) is 6. The van der Waals surface area contributed by atoms with Crippen LogP contribution in [0.3, 0.4) is 0 Å². The fraction of sp³-hybridized carbons (Fsp3) is 0.393. The molecule has 2 aromatic carbocycles. The van der Waals surface area contributed by atoms with Crippen molar-refractivity contribution in [3.05, 3.63) is 72.3 Å². The molecule has 5 rings (SSSR count). The van der Waals surface area contributed by atoms with Crippen LogP contribution in [0, 0.1) is 0 Å². The van der Waals surface area contributed by atoms with Crippen LogP contribution in [0.5, 0.6) is 11.6 Å². The van der Waals surface area contributed by atoms with Crippen molar-refractivity contribution in [2.24, 2.45) is 0 Å². The van der Waals surface area contributed by atoms with Gasteiger partial charge in [0.1, 0.15) is 11.6 Å². The average molecular weight is 504 g/mol. The van der Waals surface area contributed by atoms with Gasteiger partial charge in [0.15, 0.2) is 5.11 Å². The minimum Gasteiger partial charge on any atom is -0.439 e. The number of thiocarbonyl (C=S) groups is 1. The second kappa shape index (κ2) is 11.7. The summed E-state index contributed by atoms with van der Waals surface area (Å²) in [5.74, 6) is 2.51. The average Bonchev–Trinajstić information content (AvgIpc) is 2.94. The molecule has 2 saturated heterocycles. The van der Waals surface area contributed by atoms with E-state index in [4.69, 9.17) is 26.7 Å². The fourth-order valence-corrected chi connectivity index (χ4v) is 5.10. The molecule has 3 heterocycles. The van der Waals surface area contributed by atoms with Crippen molar-refractivity contribution in [1.82, 2.24) is 15.3 Å². The van der Waals surface area contributed by atoms with Crippen LogP contribution in [0.2, 0.25) is 0 Å². The Morgan fingerprint density at radius 1 is 0.944 bits per heavy atom. The molecule has 2 N–H and O–H groups in total. The summed E-state index contributed by atoms with van der Waals surface area (Å²) in [6, 6.07) is 22.2. The Bertz CT molecular complexity index is 1130. The predicted molar refractivity (Wildman–Crippen MR) is 147 cm³/mol. The SMILES string of the molecule is S=C(NCC1(c2ccccc2)CCOCC1)Nc1nc(Oc2ccccc2)cc(N2CCCCC2)n1. The van der Waals surface area contributed by atoms with E-state index in [0.717, 1.165) is 63.6 Å². The number of nitrogens with one attached hydrogen (secondary N) is 2. The molecular weight excluding hydrogens is 470 g/mol. The van der Waals surface area contributed by atoms with Gasteiger partial charge in [0.2, 0.25) is 11.8 Å². The van der Waals surface area contributed by atoms with Crippen molar-refractivity contribution in [2.75, 3.05) is 43.1 Å². The molecule has 0 saturated carbocycles. The third-order valence-corrected chi connectivity index (χ3v) is 7.23. The van der Waals surface area contributed by atoms with Crippen LogP contribution >= 0.6 is 12.2 Å². The highest BCUT2D eigenvalue weighted by Gasteiger charge is 2.34. The van der Waals surface area contributed by atoms with Gasteiger partial charge in [0.25, 0.3) is 0 Å². The van der Waals surface area contributed by atoms with Crippen molar-refractivity contribution in [1.29, 1.82) is 0 Å². The van der Waals surface area contributed by atoms with Gasteiger partial charge >= 0.3 is 0 Å². The van der Waals surface area contributed by atoms with Gasteiger partial charge in [-0.1, -0.05) is 48.5 Å². The van der Waals surface area contributed by atoms with Crippen molar-refractivity contribution < 1.29 is 9.47 Å². The van der Waals surface area contributed by atoms with Crippen LogP contribution in [0.25, 0.3) is 0 Å². The Hall–Kier alpha value is -3.23. The summed E-state index contributed by atoms with van der Waals surface area (Å²) in [5, 5.41) is 7.15. The molecule has 7 nitrogen and oxygen atoms in total. The first-order valence-electron chi connectivity index (χ1n) is 12.8. The number of rotatable bonds is 7. The van der Waals surface area contributed by atoms with Gasteiger partial charge in [-0.2, -0.15) is 9.97 Å². The Kier molecular flexibility index (Phi) is 7.93. The van der Waals surface area contributed by atoms with Crippen LogP contribution in [-0.4, -0.2) is 47.9 Å². The van der Waals surface area contributed by atoms with Gasteiger partial charge in [-0.15, -0.1) is 0 Å². The van der Waals surface area contributed by atoms with Crippen molar-refractivity contribution in [3.63, 3.8) is 0 Å². The number of ether oxygens (including phenoxy) is 2. The highest BCUT2D eigenvalue weighted by molar-refractivity contribution is 7.80. The summed E-state index contributed by atoms with van der Waals surface area (Å²) in [6.07, 6.45) is 5.47. The lowest BCUT2D eigenvalue weighted by atomic mass is 9.74. The largest absolute Gasteiger partial charge is 0.439 e. The number of benzene rings is 2. The number of aromatic nitrogens is 2. The Labute approximate surface area is 218 Å². The van der Waals surface area contributed by atoms with Gasteiger partial charge in [0.05, 0.1) is 0 Å². The third kappa shape index (κ3) is 6.12. The van der Waals surface area contributed by atoms with Crippen LogP contribution in [-0.2, 0) is 10.2 Å². The van der Waals surface area contributed by atoms with E-state index in [1.165, 1.54) is 12.0 Å². The minimum atomic E-state index is -0.0245. The van der Waals surface area contributed by atoms with Crippen molar-refractivity contribution in [2.45, 2.75) is 37.5 Å². The highest BCUT2D eigenvalue weighted by Crippen LogP contribution is 2.34.